The summed E-state index contributed by atoms with van der Waals surface area (Å²) in [7, 11) is 0. The van der Waals surface area contributed by atoms with Gasteiger partial charge in [0.15, 0.2) is 0 Å². The number of rotatable bonds is 1. The average molecular weight is 134 g/mol. The third-order valence-corrected chi connectivity index (χ3v) is 0.989. The second-order valence-corrected chi connectivity index (χ2v) is 2.47. The molecule has 0 nitrogen and oxygen atoms in total. The zero-order valence-electron chi connectivity index (χ0n) is 7.15. The molecule has 0 heterocycles. The summed E-state index contributed by atoms with van der Waals surface area (Å²) in [5.41, 5.74) is 2.42. The van der Waals surface area contributed by atoms with Crippen molar-refractivity contribution in [3.8, 4) is 11.8 Å². The largest absolute Gasteiger partial charge is 0.102 e. The van der Waals surface area contributed by atoms with Crippen LogP contribution in [0.2, 0.25) is 0 Å². The zero-order chi connectivity index (χ0) is 7.98. The van der Waals surface area contributed by atoms with E-state index >= 15 is 0 Å². The lowest BCUT2D eigenvalue weighted by molar-refractivity contribution is 1.38. The van der Waals surface area contributed by atoms with Crippen LogP contribution in [-0.4, -0.2) is 0 Å². The molecule has 0 aliphatic heterocycles. The van der Waals surface area contributed by atoms with E-state index in [4.69, 9.17) is 0 Å². The number of hydrogen-bond acceptors (Lipinski definition) is 0. The van der Waals surface area contributed by atoms with Gasteiger partial charge < -0.3 is 0 Å². The van der Waals surface area contributed by atoms with Crippen LogP contribution in [0.5, 0.6) is 0 Å². The van der Waals surface area contributed by atoms with Gasteiger partial charge in [-0.1, -0.05) is 23.6 Å². The van der Waals surface area contributed by atoms with Crippen LogP contribution in [-0.2, 0) is 0 Å². The predicted molar refractivity (Wildman–Crippen MR) is 46.6 cm³/mol. The third kappa shape index (κ3) is 5.18. The van der Waals surface area contributed by atoms with Crippen molar-refractivity contribution < 1.29 is 0 Å². The monoisotopic (exact) mass is 134 g/mol. The zero-order valence-corrected chi connectivity index (χ0v) is 7.15. The van der Waals surface area contributed by atoms with Gasteiger partial charge in [-0.15, -0.1) is 5.92 Å². The Balaban J connectivity index is 4.14. The minimum Gasteiger partial charge on any atom is -0.102 e. The molecular weight excluding hydrogens is 120 g/mol. The van der Waals surface area contributed by atoms with Crippen molar-refractivity contribution >= 4 is 0 Å². The van der Waals surface area contributed by atoms with Gasteiger partial charge in [-0.25, -0.2) is 0 Å². The number of allylic oxidation sites excluding steroid dienone is 4. The Labute approximate surface area is 63.6 Å². The van der Waals surface area contributed by atoms with E-state index in [0.717, 1.165) is 5.57 Å². The molecule has 54 valence electrons. The molecule has 0 radical (unpaired) electrons. The summed E-state index contributed by atoms with van der Waals surface area (Å²) < 4.78 is 0. The molecular formula is C10H14. The summed E-state index contributed by atoms with van der Waals surface area (Å²) in [6.07, 6.45) is 4.10. The summed E-state index contributed by atoms with van der Waals surface area (Å²) in [6.45, 7) is 8.00. The van der Waals surface area contributed by atoms with Crippen LogP contribution in [0.15, 0.2) is 23.3 Å². The molecule has 0 aromatic carbocycles. The van der Waals surface area contributed by atoms with Crippen LogP contribution < -0.4 is 0 Å². The third-order valence-electron chi connectivity index (χ3n) is 0.989. The Bertz CT molecular complexity index is 202. The lowest BCUT2D eigenvalue weighted by Gasteiger charge is -1.84. The maximum absolute atomic E-state index is 2.97. The first-order valence-corrected chi connectivity index (χ1v) is 3.41. The van der Waals surface area contributed by atoms with Crippen molar-refractivity contribution in [2.45, 2.75) is 27.7 Å². The highest BCUT2D eigenvalue weighted by Gasteiger charge is 1.76. The van der Waals surface area contributed by atoms with Crippen LogP contribution in [0.4, 0.5) is 0 Å². The molecule has 0 heteroatoms. The molecule has 0 spiro atoms. The molecule has 0 saturated carbocycles. The highest BCUT2D eigenvalue weighted by Crippen LogP contribution is 1.94. The van der Waals surface area contributed by atoms with Crippen molar-refractivity contribution in [2.24, 2.45) is 0 Å². The van der Waals surface area contributed by atoms with E-state index in [9.17, 15) is 0 Å². The Morgan fingerprint density at radius 1 is 1.10 bits per heavy atom. The van der Waals surface area contributed by atoms with Crippen molar-refractivity contribution in [2.75, 3.05) is 0 Å². The van der Waals surface area contributed by atoms with Crippen LogP contribution >= 0.6 is 0 Å². The molecule has 10 heavy (non-hydrogen) atoms. The molecule has 0 aliphatic carbocycles. The molecule has 0 amide bonds. The molecule has 0 N–H and O–H groups in total. The van der Waals surface area contributed by atoms with Crippen LogP contribution in [0.3, 0.4) is 0 Å². The van der Waals surface area contributed by atoms with Crippen molar-refractivity contribution in [3.63, 3.8) is 0 Å². The van der Waals surface area contributed by atoms with Crippen LogP contribution in [0.1, 0.15) is 27.7 Å². The summed E-state index contributed by atoms with van der Waals surface area (Å²) in [6, 6.07) is 0. The lowest BCUT2D eigenvalue weighted by atomic mass is 10.2. The van der Waals surface area contributed by atoms with Gasteiger partial charge >= 0.3 is 0 Å². The number of hydrogen-bond donors (Lipinski definition) is 0. The standard InChI is InChI=1S/C10H14/c1-5-6-10(4)8-7-9(2)3/h7-8H,1-4H3/b10-8-. The van der Waals surface area contributed by atoms with Gasteiger partial charge in [0.1, 0.15) is 0 Å². The predicted octanol–water partition coefficient (Wildman–Crippen LogP) is 2.92. The van der Waals surface area contributed by atoms with Gasteiger partial charge in [-0.3, -0.25) is 0 Å². The Hall–Kier alpha value is -0.960. The highest BCUT2D eigenvalue weighted by atomic mass is 13.8. The van der Waals surface area contributed by atoms with Gasteiger partial charge in [0.05, 0.1) is 0 Å². The first-order valence-electron chi connectivity index (χ1n) is 3.41. The van der Waals surface area contributed by atoms with Gasteiger partial charge in [-0.05, 0) is 33.3 Å². The summed E-state index contributed by atoms with van der Waals surface area (Å²) in [5, 5.41) is 0. The fourth-order valence-corrected chi connectivity index (χ4v) is 0.531. The summed E-state index contributed by atoms with van der Waals surface area (Å²) in [4.78, 5) is 0. The normalized spacial score (nSPS) is 9.80. The maximum Gasteiger partial charge on any atom is -0.00109 e. The van der Waals surface area contributed by atoms with Gasteiger partial charge in [0.2, 0.25) is 0 Å². The van der Waals surface area contributed by atoms with E-state index < -0.39 is 0 Å². The lowest BCUT2D eigenvalue weighted by Crippen LogP contribution is -1.66. The molecule has 0 aromatic heterocycles. The molecule has 0 atom stereocenters. The Morgan fingerprint density at radius 3 is 2.10 bits per heavy atom. The topological polar surface area (TPSA) is 0 Å². The van der Waals surface area contributed by atoms with Gasteiger partial charge in [0, 0.05) is 0 Å². The minimum atomic E-state index is 1.11. The summed E-state index contributed by atoms with van der Waals surface area (Å²) >= 11 is 0. The van der Waals surface area contributed by atoms with Crippen LogP contribution in [0.25, 0.3) is 0 Å². The fourth-order valence-electron chi connectivity index (χ4n) is 0.531. The average Bonchev–Trinajstić information content (AvgIpc) is 1.85. The fraction of sp³-hybridized carbons (Fsp3) is 0.400. The van der Waals surface area contributed by atoms with E-state index in [1.807, 2.05) is 19.9 Å². The molecule has 0 aliphatic rings. The van der Waals surface area contributed by atoms with Crippen molar-refractivity contribution in [1.82, 2.24) is 0 Å². The van der Waals surface area contributed by atoms with Crippen molar-refractivity contribution in [1.29, 1.82) is 0 Å². The molecule has 0 unspecified atom stereocenters. The van der Waals surface area contributed by atoms with Crippen molar-refractivity contribution in [3.05, 3.63) is 23.3 Å². The van der Waals surface area contributed by atoms with Gasteiger partial charge in [-0.2, -0.15) is 0 Å². The van der Waals surface area contributed by atoms with E-state index in [2.05, 4.69) is 31.8 Å². The molecule has 0 rings (SSSR count). The Kier molecular flexibility index (Phi) is 4.41. The second kappa shape index (κ2) is 4.88. The smallest absolute Gasteiger partial charge is 0.00109 e. The molecule has 0 aromatic rings. The second-order valence-electron chi connectivity index (χ2n) is 2.47. The molecule has 0 fully saturated rings. The van der Waals surface area contributed by atoms with E-state index in [0.29, 0.717) is 0 Å². The quantitative estimate of drug-likeness (QED) is 0.382. The highest BCUT2D eigenvalue weighted by molar-refractivity contribution is 5.29. The van der Waals surface area contributed by atoms with Gasteiger partial charge in [0.25, 0.3) is 0 Å². The van der Waals surface area contributed by atoms with E-state index in [1.165, 1.54) is 5.57 Å². The van der Waals surface area contributed by atoms with E-state index in [-0.39, 0.29) is 0 Å². The SMILES string of the molecule is CC#C/C(C)=C\C=C(C)C. The summed E-state index contributed by atoms with van der Waals surface area (Å²) in [5.74, 6) is 5.81. The maximum atomic E-state index is 2.97. The molecule has 0 bridgehead atoms. The first-order chi connectivity index (χ1) is 4.66. The van der Waals surface area contributed by atoms with Crippen LogP contribution in [0, 0.1) is 11.8 Å². The minimum absolute atomic E-state index is 1.11. The van der Waals surface area contributed by atoms with E-state index in [1.54, 1.807) is 0 Å². The first kappa shape index (κ1) is 9.04. The Morgan fingerprint density at radius 2 is 1.70 bits per heavy atom. The molecule has 0 saturated heterocycles.